The molecule has 0 aliphatic carbocycles. The van der Waals surface area contributed by atoms with E-state index in [1.807, 2.05) is 65.4 Å². The highest BCUT2D eigenvalue weighted by molar-refractivity contribution is 6.35. The predicted octanol–water partition coefficient (Wildman–Crippen LogP) is 7.85. The zero-order chi connectivity index (χ0) is 29.2. The maximum Gasteiger partial charge on any atom is 0.307 e. The zero-order valence-corrected chi connectivity index (χ0v) is 23.9. The quantitative estimate of drug-likeness (QED) is 0.107. The van der Waals surface area contributed by atoms with E-state index >= 15 is 0 Å². The second kappa shape index (κ2) is 14.6. The number of rotatable bonds is 15. The molecule has 0 saturated heterocycles. The molecule has 0 bridgehead atoms. The molecule has 0 radical (unpaired) electrons. The standard InChI is InChI=1S/C32H31Cl2NO6/c33-25-12-15-29(27(34)20-25)41-18-2-1-17-40-26-13-9-22(10-14-26)8-11-23-5-3-6-28-32(23)24(19-31(38)39)21-35(28)16-4-7-30(36)37/h3,5-6,8-15,20-21H,1-2,4,7,16-19H2,(H,36,37)(H,38,39). The second-order valence-electron chi connectivity index (χ2n) is 9.54. The average molecular weight is 597 g/mol. The number of benzene rings is 3. The van der Waals surface area contributed by atoms with Crippen molar-refractivity contribution in [3.63, 3.8) is 0 Å². The molecule has 214 valence electrons. The van der Waals surface area contributed by atoms with Crippen LogP contribution in [0.4, 0.5) is 0 Å². The first kappa shape index (κ1) is 30.0. The molecule has 0 saturated carbocycles. The highest BCUT2D eigenvalue weighted by Crippen LogP contribution is 2.29. The topological polar surface area (TPSA) is 98.0 Å². The molecule has 0 fully saturated rings. The molecule has 0 spiro atoms. The Morgan fingerprint density at radius 3 is 2.32 bits per heavy atom. The third kappa shape index (κ3) is 8.77. The van der Waals surface area contributed by atoms with Crippen LogP contribution >= 0.6 is 23.2 Å². The smallest absolute Gasteiger partial charge is 0.307 e. The number of aryl methyl sites for hydroxylation is 1. The van der Waals surface area contributed by atoms with Crippen LogP contribution in [0.5, 0.6) is 11.5 Å². The Bertz CT molecular complexity index is 1530. The Kier molecular flexibility index (Phi) is 10.7. The summed E-state index contributed by atoms with van der Waals surface area (Å²) in [6, 6.07) is 18.7. The molecule has 0 unspecified atom stereocenters. The third-order valence-electron chi connectivity index (χ3n) is 6.44. The minimum atomic E-state index is -0.914. The number of nitrogens with zero attached hydrogens (tertiary/aromatic N) is 1. The fourth-order valence-corrected chi connectivity index (χ4v) is 4.98. The van der Waals surface area contributed by atoms with Gasteiger partial charge >= 0.3 is 11.9 Å². The number of halogens is 2. The van der Waals surface area contributed by atoms with Crippen LogP contribution < -0.4 is 9.47 Å². The minimum Gasteiger partial charge on any atom is -0.494 e. The van der Waals surface area contributed by atoms with Gasteiger partial charge in [-0.2, -0.15) is 0 Å². The molecule has 1 heterocycles. The van der Waals surface area contributed by atoms with Crippen LogP contribution in [-0.2, 0) is 22.6 Å². The Balaban J connectivity index is 1.33. The molecule has 7 nitrogen and oxygen atoms in total. The van der Waals surface area contributed by atoms with Crippen LogP contribution in [-0.4, -0.2) is 39.9 Å². The third-order valence-corrected chi connectivity index (χ3v) is 6.97. The summed E-state index contributed by atoms with van der Waals surface area (Å²) in [5, 5.41) is 20.4. The summed E-state index contributed by atoms with van der Waals surface area (Å²) in [5.74, 6) is -0.378. The summed E-state index contributed by atoms with van der Waals surface area (Å²) in [6.45, 7) is 1.59. The number of hydrogen-bond donors (Lipinski definition) is 2. The number of unbranched alkanes of at least 4 members (excludes halogenated alkanes) is 1. The lowest BCUT2D eigenvalue weighted by molar-refractivity contribution is -0.137. The minimum absolute atomic E-state index is 0.0568. The lowest BCUT2D eigenvalue weighted by atomic mass is 10.0. The van der Waals surface area contributed by atoms with Crippen molar-refractivity contribution < 1.29 is 29.3 Å². The summed E-state index contributed by atoms with van der Waals surface area (Å²) in [7, 11) is 0. The Morgan fingerprint density at radius 1 is 0.854 bits per heavy atom. The number of aromatic nitrogens is 1. The normalized spacial score (nSPS) is 11.3. The molecule has 2 N–H and O–H groups in total. The van der Waals surface area contributed by atoms with E-state index in [-0.39, 0.29) is 12.8 Å². The van der Waals surface area contributed by atoms with Gasteiger partial charge in [0.1, 0.15) is 11.5 Å². The SMILES string of the molecule is O=C(O)CCCn1cc(CC(=O)O)c2c(C=Cc3ccc(OCCCCOc4ccc(Cl)cc4Cl)cc3)cccc21. The highest BCUT2D eigenvalue weighted by atomic mass is 35.5. The molecule has 0 aliphatic rings. The molecule has 9 heteroatoms. The number of carboxylic acid groups (broad SMARTS) is 2. The molecule has 1 aromatic heterocycles. The van der Waals surface area contributed by atoms with Crippen LogP contribution in [0.15, 0.2) is 66.9 Å². The van der Waals surface area contributed by atoms with Gasteiger partial charge < -0.3 is 24.3 Å². The van der Waals surface area contributed by atoms with Crippen molar-refractivity contribution in [2.24, 2.45) is 0 Å². The van der Waals surface area contributed by atoms with Gasteiger partial charge in [-0.15, -0.1) is 0 Å². The van der Waals surface area contributed by atoms with Crippen molar-refractivity contribution in [1.29, 1.82) is 0 Å². The molecule has 0 atom stereocenters. The van der Waals surface area contributed by atoms with Gasteiger partial charge in [0.25, 0.3) is 0 Å². The Hall–Kier alpha value is -3.94. The molecule has 4 aromatic rings. The zero-order valence-electron chi connectivity index (χ0n) is 22.4. The van der Waals surface area contributed by atoms with Crippen molar-refractivity contribution in [2.75, 3.05) is 13.2 Å². The van der Waals surface area contributed by atoms with Gasteiger partial charge in [0.2, 0.25) is 0 Å². The first-order valence-electron chi connectivity index (χ1n) is 13.3. The van der Waals surface area contributed by atoms with Gasteiger partial charge in [0, 0.05) is 35.1 Å². The van der Waals surface area contributed by atoms with E-state index in [9.17, 15) is 14.7 Å². The number of carboxylic acids is 2. The summed E-state index contributed by atoms with van der Waals surface area (Å²) in [5.41, 5.74) is 3.47. The van der Waals surface area contributed by atoms with Crippen LogP contribution in [0.25, 0.3) is 23.1 Å². The van der Waals surface area contributed by atoms with Crippen molar-refractivity contribution in [2.45, 2.75) is 38.6 Å². The molecular formula is C32H31Cl2NO6. The Morgan fingerprint density at radius 2 is 1.61 bits per heavy atom. The number of ether oxygens (including phenoxy) is 2. The predicted molar refractivity (Wildman–Crippen MR) is 162 cm³/mol. The molecule has 0 aliphatic heterocycles. The summed E-state index contributed by atoms with van der Waals surface area (Å²) in [6.07, 6.45) is 7.82. The van der Waals surface area contributed by atoms with E-state index in [1.54, 1.807) is 18.2 Å². The van der Waals surface area contributed by atoms with Gasteiger partial charge in [0.15, 0.2) is 0 Å². The van der Waals surface area contributed by atoms with Crippen molar-refractivity contribution in [3.8, 4) is 11.5 Å². The van der Waals surface area contributed by atoms with Gasteiger partial charge in [-0.25, -0.2) is 0 Å². The first-order valence-corrected chi connectivity index (χ1v) is 14.1. The Labute approximate surface area is 248 Å². The number of aliphatic carboxylic acids is 2. The monoisotopic (exact) mass is 595 g/mol. The average Bonchev–Trinajstić information content (AvgIpc) is 3.28. The van der Waals surface area contributed by atoms with E-state index in [0.29, 0.717) is 47.5 Å². The van der Waals surface area contributed by atoms with E-state index in [2.05, 4.69) is 0 Å². The van der Waals surface area contributed by atoms with E-state index in [0.717, 1.165) is 40.6 Å². The largest absolute Gasteiger partial charge is 0.494 e. The summed E-state index contributed by atoms with van der Waals surface area (Å²) >= 11 is 12.0. The molecule has 0 amide bonds. The van der Waals surface area contributed by atoms with Gasteiger partial charge in [0.05, 0.1) is 24.7 Å². The maximum absolute atomic E-state index is 11.5. The van der Waals surface area contributed by atoms with Crippen LogP contribution in [0.2, 0.25) is 10.0 Å². The van der Waals surface area contributed by atoms with Gasteiger partial charge in [-0.05, 0) is 72.4 Å². The molecular weight excluding hydrogens is 565 g/mol. The highest BCUT2D eigenvalue weighted by Gasteiger charge is 2.14. The van der Waals surface area contributed by atoms with Crippen LogP contribution in [0.3, 0.4) is 0 Å². The first-order chi connectivity index (χ1) is 19.8. The molecule has 3 aromatic carbocycles. The second-order valence-corrected chi connectivity index (χ2v) is 10.4. The van der Waals surface area contributed by atoms with E-state index in [1.165, 1.54) is 0 Å². The molecule has 41 heavy (non-hydrogen) atoms. The fraction of sp³-hybridized carbons (Fsp3) is 0.250. The number of hydrogen-bond acceptors (Lipinski definition) is 4. The van der Waals surface area contributed by atoms with E-state index in [4.69, 9.17) is 37.8 Å². The number of carbonyl (C=O) groups is 2. The van der Waals surface area contributed by atoms with Crippen molar-refractivity contribution in [3.05, 3.63) is 93.6 Å². The summed E-state index contributed by atoms with van der Waals surface area (Å²) in [4.78, 5) is 22.5. The van der Waals surface area contributed by atoms with Crippen LogP contribution in [0, 0.1) is 0 Å². The van der Waals surface area contributed by atoms with Crippen LogP contribution in [0.1, 0.15) is 42.4 Å². The van der Waals surface area contributed by atoms with E-state index < -0.39 is 11.9 Å². The fourth-order valence-electron chi connectivity index (χ4n) is 4.52. The maximum atomic E-state index is 11.5. The summed E-state index contributed by atoms with van der Waals surface area (Å²) < 4.78 is 13.5. The lowest BCUT2D eigenvalue weighted by Gasteiger charge is -2.09. The van der Waals surface area contributed by atoms with Gasteiger partial charge in [-0.1, -0.05) is 59.6 Å². The van der Waals surface area contributed by atoms with Crippen molar-refractivity contribution in [1.82, 2.24) is 4.57 Å². The van der Waals surface area contributed by atoms with Gasteiger partial charge in [-0.3, -0.25) is 9.59 Å². The molecule has 4 rings (SSSR count). The lowest BCUT2D eigenvalue weighted by Crippen LogP contribution is -2.02. The number of fused-ring (bicyclic) bond motifs is 1. The van der Waals surface area contributed by atoms with Crippen molar-refractivity contribution >= 4 is 58.2 Å².